The van der Waals surface area contributed by atoms with Crippen LogP contribution in [0.3, 0.4) is 0 Å². The van der Waals surface area contributed by atoms with Gasteiger partial charge >= 0.3 is 5.97 Å². The maximum atomic E-state index is 12.7. The molecule has 5 heteroatoms. The Labute approximate surface area is 134 Å². The third-order valence-electron chi connectivity index (χ3n) is 5.19. The second-order valence-electron chi connectivity index (χ2n) is 9.03. The highest BCUT2D eigenvalue weighted by Gasteiger charge is 2.49. The number of carboxylic acids is 1. The average molecular weight is 312 g/mol. The fraction of sp³-hybridized carbons (Fsp3) is 0.882. The Morgan fingerprint density at radius 3 is 1.77 bits per heavy atom. The van der Waals surface area contributed by atoms with Gasteiger partial charge < -0.3 is 15.7 Å². The van der Waals surface area contributed by atoms with Gasteiger partial charge in [-0.05, 0) is 68.2 Å². The number of nitrogens with one attached hydrogen (secondary N) is 2. The van der Waals surface area contributed by atoms with Crippen molar-refractivity contribution in [2.24, 2.45) is 10.8 Å². The summed E-state index contributed by atoms with van der Waals surface area (Å²) in [5.41, 5.74) is -2.24. The second kappa shape index (κ2) is 5.52. The van der Waals surface area contributed by atoms with E-state index in [0.29, 0.717) is 0 Å². The van der Waals surface area contributed by atoms with Crippen molar-refractivity contribution in [2.45, 2.75) is 85.4 Å². The first-order chi connectivity index (χ1) is 9.61. The number of aliphatic carboxylic acids is 1. The first-order valence-corrected chi connectivity index (χ1v) is 7.94. The van der Waals surface area contributed by atoms with Crippen molar-refractivity contribution >= 4 is 11.9 Å². The number of carboxylic acid groups (broad SMARTS) is 1. The van der Waals surface area contributed by atoms with Crippen LogP contribution in [0.15, 0.2) is 0 Å². The maximum absolute atomic E-state index is 12.7. The fourth-order valence-corrected chi connectivity index (χ4v) is 3.34. The molecule has 0 saturated carbocycles. The molecule has 0 unspecified atom stereocenters. The number of piperidine rings is 1. The average Bonchev–Trinajstić information content (AvgIpc) is 2.23. The van der Waals surface area contributed by atoms with E-state index in [-0.39, 0.29) is 23.0 Å². The van der Waals surface area contributed by atoms with E-state index in [9.17, 15) is 14.7 Å². The number of hydrogen-bond acceptors (Lipinski definition) is 3. The zero-order chi connectivity index (χ0) is 17.6. The molecule has 3 N–H and O–H groups in total. The molecule has 5 nitrogen and oxygen atoms in total. The summed E-state index contributed by atoms with van der Waals surface area (Å²) in [6, 6.07) is 0.0441. The van der Waals surface area contributed by atoms with Gasteiger partial charge in [0.2, 0.25) is 5.91 Å². The van der Waals surface area contributed by atoms with Gasteiger partial charge in [0, 0.05) is 17.1 Å². The molecule has 22 heavy (non-hydrogen) atoms. The van der Waals surface area contributed by atoms with E-state index in [0.717, 1.165) is 12.8 Å². The molecular weight excluding hydrogens is 280 g/mol. The Morgan fingerprint density at radius 1 is 1.00 bits per heavy atom. The summed E-state index contributed by atoms with van der Waals surface area (Å²) in [4.78, 5) is 24.2. The van der Waals surface area contributed by atoms with Gasteiger partial charge in [0.1, 0.15) is 0 Å². The standard InChI is InChI=1S/C17H32N2O3/c1-14(2)9-11(10-15(3,4)19-14)18-12(20)16(5,6)17(7,8)13(21)22/h11,19H,9-10H2,1-8H3,(H,18,20)(H,21,22). The molecule has 1 amide bonds. The van der Waals surface area contributed by atoms with Crippen LogP contribution < -0.4 is 10.6 Å². The molecule has 0 atom stereocenters. The Hall–Kier alpha value is -1.10. The lowest BCUT2D eigenvalue weighted by Gasteiger charge is -2.47. The van der Waals surface area contributed by atoms with Crippen molar-refractivity contribution in [3.05, 3.63) is 0 Å². The molecule has 1 heterocycles. The molecule has 0 aromatic rings. The summed E-state index contributed by atoms with van der Waals surface area (Å²) in [6.45, 7) is 15.1. The minimum Gasteiger partial charge on any atom is -0.481 e. The quantitative estimate of drug-likeness (QED) is 0.745. The third kappa shape index (κ3) is 3.80. The van der Waals surface area contributed by atoms with Crippen LogP contribution in [-0.2, 0) is 9.59 Å². The Morgan fingerprint density at radius 2 is 1.41 bits per heavy atom. The number of amides is 1. The van der Waals surface area contributed by atoms with Gasteiger partial charge in [-0.2, -0.15) is 0 Å². The van der Waals surface area contributed by atoms with Crippen molar-refractivity contribution < 1.29 is 14.7 Å². The molecule has 128 valence electrons. The second-order valence-corrected chi connectivity index (χ2v) is 9.03. The van der Waals surface area contributed by atoms with Gasteiger partial charge in [0.05, 0.1) is 10.8 Å². The van der Waals surface area contributed by atoms with Crippen LogP contribution in [0.2, 0.25) is 0 Å². The Kier molecular flexibility index (Phi) is 4.75. The fourth-order valence-electron chi connectivity index (χ4n) is 3.34. The van der Waals surface area contributed by atoms with E-state index in [1.165, 1.54) is 0 Å². The van der Waals surface area contributed by atoms with E-state index >= 15 is 0 Å². The van der Waals surface area contributed by atoms with Gasteiger partial charge in [-0.25, -0.2) is 0 Å². The van der Waals surface area contributed by atoms with Crippen molar-refractivity contribution in [3.63, 3.8) is 0 Å². The van der Waals surface area contributed by atoms with Crippen LogP contribution in [0.4, 0.5) is 0 Å². The molecule has 1 aliphatic heterocycles. The largest absolute Gasteiger partial charge is 0.481 e. The molecule has 0 aliphatic carbocycles. The van der Waals surface area contributed by atoms with Crippen molar-refractivity contribution in [2.75, 3.05) is 0 Å². The predicted octanol–water partition coefficient (Wildman–Crippen LogP) is 2.55. The normalized spacial score (nSPS) is 22.2. The van der Waals surface area contributed by atoms with Gasteiger partial charge in [-0.1, -0.05) is 0 Å². The van der Waals surface area contributed by atoms with Crippen LogP contribution in [0.1, 0.15) is 68.2 Å². The summed E-state index contributed by atoms with van der Waals surface area (Å²) in [7, 11) is 0. The Balaban J connectivity index is 2.90. The predicted molar refractivity (Wildman–Crippen MR) is 87.7 cm³/mol. The van der Waals surface area contributed by atoms with Gasteiger partial charge in [0.25, 0.3) is 0 Å². The highest BCUT2D eigenvalue weighted by atomic mass is 16.4. The number of rotatable bonds is 4. The lowest BCUT2D eigenvalue weighted by atomic mass is 9.67. The van der Waals surface area contributed by atoms with E-state index in [2.05, 4.69) is 38.3 Å². The van der Waals surface area contributed by atoms with Crippen molar-refractivity contribution in [1.29, 1.82) is 0 Å². The van der Waals surface area contributed by atoms with Gasteiger partial charge in [-0.3, -0.25) is 9.59 Å². The molecule has 1 saturated heterocycles. The smallest absolute Gasteiger partial charge is 0.310 e. The van der Waals surface area contributed by atoms with E-state index < -0.39 is 16.8 Å². The summed E-state index contributed by atoms with van der Waals surface area (Å²) >= 11 is 0. The number of carbonyl (C=O) groups excluding carboxylic acids is 1. The van der Waals surface area contributed by atoms with Crippen LogP contribution in [0.25, 0.3) is 0 Å². The molecule has 1 rings (SSSR count). The van der Waals surface area contributed by atoms with Gasteiger partial charge in [-0.15, -0.1) is 0 Å². The zero-order valence-corrected chi connectivity index (χ0v) is 15.3. The minimum atomic E-state index is -1.13. The molecule has 0 aromatic heterocycles. The number of carbonyl (C=O) groups is 2. The van der Waals surface area contributed by atoms with Crippen LogP contribution >= 0.6 is 0 Å². The molecule has 1 fully saturated rings. The molecule has 0 spiro atoms. The van der Waals surface area contributed by atoms with Gasteiger partial charge in [0.15, 0.2) is 0 Å². The first-order valence-electron chi connectivity index (χ1n) is 7.94. The Bertz CT molecular complexity index is 449. The van der Waals surface area contributed by atoms with Crippen LogP contribution in [0.5, 0.6) is 0 Å². The van der Waals surface area contributed by atoms with E-state index in [1.807, 2.05) is 0 Å². The summed E-state index contributed by atoms with van der Waals surface area (Å²) in [5, 5.41) is 16.1. The molecule has 0 bridgehead atoms. The van der Waals surface area contributed by atoms with Crippen molar-refractivity contribution in [3.8, 4) is 0 Å². The highest BCUT2D eigenvalue weighted by molar-refractivity contribution is 5.89. The van der Waals surface area contributed by atoms with E-state index in [4.69, 9.17) is 0 Å². The first kappa shape index (κ1) is 18.9. The summed E-state index contributed by atoms with van der Waals surface area (Å²) < 4.78 is 0. The molecule has 1 aliphatic rings. The van der Waals surface area contributed by atoms with E-state index in [1.54, 1.807) is 27.7 Å². The number of hydrogen-bond donors (Lipinski definition) is 3. The SMILES string of the molecule is CC1(C)CC(NC(=O)C(C)(C)C(C)(C)C(=O)O)CC(C)(C)N1. The summed E-state index contributed by atoms with van der Waals surface area (Å²) in [5.74, 6) is -1.16. The zero-order valence-electron chi connectivity index (χ0n) is 15.3. The lowest BCUT2D eigenvalue weighted by Crippen LogP contribution is -2.63. The van der Waals surface area contributed by atoms with Crippen LogP contribution in [-0.4, -0.2) is 34.1 Å². The highest BCUT2D eigenvalue weighted by Crippen LogP contribution is 2.39. The van der Waals surface area contributed by atoms with Crippen LogP contribution in [0, 0.1) is 10.8 Å². The topological polar surface area (TPSA) is 78.4 Å². The monoisotopic (exact) mass is 312 g/mol. The minimum absolute atomic E-state index is 0.0441. The maximum Gasteiger partial charge on any atom is 0.310 e. The molecule has 0 aromatic carbocycles. The lowest BCUT2D eigenvalue weighted by molar-refractivity contribution is -0.160. The summed E-state index contributed by atoms with van der Waals surface area (Å²) in [6.07, 6.45) is 1.65. The third-order valence-corrected chi connectivity index (χ3v) is 5.19. The molecular formula is C17H32N2O3. The molecule has 0 radical (unpaired) electrons. The van der Waals surface area contributed by atoms with Crippen molar-refractivity contribution in [1.82, 2.24) is 10.6 Å².